The molecule has 1 aliphatic rings. The molecule has 2 rings (SSSR count). The number of amides is 2. The van der Waals surface area contributed by atoms with Crippen molar-refractivity contribution in [2.75, 3.05) is 27.2 Å². The maximum Gasteiger partial charge on any atom is 0.410 e. The van der Waals surface area contributed by atoms with E-state index >= 15 is 0 Å². The van der Waals surface area contributed by atoms with E-state index in [1.165, 1.54) is 6.92 Å². The van der Waals surface area contributed by atoms with Crippen LogP contribution >= 0.6 is 0 Å². The van der Waals surface area contributed by atoms with Gasteiger partial charge in [-0.3, -0.25) is 9.69 Å². The zero-order chi connectivity index (χ0) is 24.8. The zero-order valence-corrected chi connectivity index (χ0v) is 21.0. The van der Waals surface area contributed by atoms with Crippen molar-refractivity contribution in [2.24, 2.45) is 5.92 Å². The molecule has 1 N–H and O–H groups in total. The van der Waals surface area contributed by atoms with E-state index in [2.05, 4.69) is 15.5 Å². The van der Waals surface area contributed by atoms with Crippen molar-refractivity contribution in [2.45, 2.75) is 84.4 Å². The summed E-state index contributed by atoms with van der Waals surface area (Å²) in [6, 6.07) is -0.557. The number of piperidine rings is 1. The van der Waals surface area contributed by atoms with Gasteiger partial charge in [0.25, 0.3) is 0 Å². The number of likely N-dealkylation sites (tertiary alicyclic amines) is 1. The number of ether oxygens (including phenoxy) is 1. The Morgan fingerprint density at radius 1 is 1.18 bits per heavy atom. The van der Waals surface area contributed by atoms with Crippen molar-refractivity contribution in [1.29, 1.82) is 0 Å². The molecule has 0 bridgehead atoms. The van der Waals surface area contributed by atoms with E-state index in [9.17, 15) is 14.4 Å². The number of Topliss-reactive ketones (excluding diaryl/α,β-unsaturated/α-hetero) is 1. The third kappa shape index (κ3) is 8.10. The average molecular weight is 466 g/mol. The third-order valence-electron chi connectivity index (χ3n) is 5.67. The van der Waals surface area contributed by atoms with Crippen LogP contribution < -0.4 is 5.32 Å². The minimum atomic E-state index is -0.554. The van der Waals surface area contributed by atoms with Crippen molar-refractivity contribution in [3.63, 3.8) is 0 Å². The Hall–Kier alpha value is -2.49. The topological polar surface area (TPSA) is 118 Å². The van der Waals surface area contributed by atoms with Crippen LogP contribution in [0, 0.1) is 5.92 Å². The van der Waals surface area contributed by atoms with Crippen molar-refractivity contribution < 1.29 is 23.5 Å². The Labute approximate surface area is 196 Å². The number of aromatic nitrogens is 2. The Morgan fingerprint density at radius 3 is 2.30 bits per heavy atom. The molecule has 1 aliphatic heterocycles. The fourth-order valence-corrected chi connectivity index (χ4v) is 3.83. The molecule has 2 heterocycles. The standard InChI is InChI=1S/C23H39N5O5/c1-8-18(27(6)7)21-26-25-20(32-21)17(10-9-15(2)29)24-19(30)16-11-13-28(14-12-16)22(31)33-23(3,4)5/h16-18H,8-14H2,1-7H3,(H,24,30)/t17-,18-/m0/s1. The molecule has 0 aliphatic carbocycles. The summed E-state index contributed by atoms with van der Waals surface area (Å²) < 4.78 is 11.3. The highest BCUT2D eigenvalue weighted by Crippen LogP contribution is 2.26. The van der Waals surface area contributed by atoms with Gasteiger partial charge in [-0.2, -0.15) is 0 Å². The summed E-state index contributed by atoms with van der Waals surface area (Å²) in [5.74, 6) is 0.457. The summed E-state index contributed by atoms with van der Waals surface area (Å²) in [5.41, 5.74) is -0.554. The molecule has 0 unspecified atom stereocenters. The molecule has 1 aromatic heterocycles. The smallest absolute Gasteiger partial charge is 0.410 e. The summed E-state index contributed by atoms with van der Waals surface area (Å²) in [5, 5.41) is 11.4. The number of hydrogen-bond acceptors (Lipinski definition) is 8. The molecule has 1 aromatic rings. The number of ketones is 1. The lowest BCUT2D eigenvalue weighted by Gasteiger charge is -2.33. The fourth-order valence-electron chi connectivity index (χ4n) is 3.83. The molecule has 0 aromatic carbocycles. The van der Waals surface area contributed by atoms with Crippen LogP contribution in [-0.2, 0) is 14.3 Å². The Morgan fingerprint density at radius 2 is 1.79 bits per heavy atom. The molecule has 33 heavy (non-hydrogen) atoms. The fraction of sp³-hybridized carbons (Fsp3) is 0.783. The SMILES string of the molecule is CC[C@@H](c1nnc([C@H](CCC(C)=O)NC(=O)C2CCN(C(=O)OC(C)(C)C)CC2)o1)N(C)C. The molecular formula is C23H39N5O5. The normalized spacial score (nSPS) is 17.0. The predicted molar refractivity (Wildman–Crippen MR) is 122 cm³/mol. The highest BCUT2D eigenvalue weighted by molar-refractivity contribution is 5.80. The Bertz CT molecular complexity index is 808. The molecular weight excluding hydrogens is 426 g/mol. The van der Waals surface area contributed by atoms with Gasteiger partial charge in [0.1, 0.15) is 17.4 Å². The lowest BCUT2D eigenvalue weighted by Crippen LogP contribution is -2.45. The highest BCUT2D eigenvalue weighted by atomic mass is 16.6. The van der Waals surface area contributed by atoms with Gasteiger partial charge in [-0.1, -0.05) is 6.92 Å². The van der Waals surface area contributed by atoms with Gasteiger partial charge >= 0.3 is 6.09 Å². The second kappa shape index (κ2) is 11.6. The first-order valence-electron chi connectivity index (χ1n) is 11.7. The van der Waals surface area contributed by atoms with Crippen LogP contribution in [0.4, 0.5) is 4.79 Å². The number of hydrogen-bond donors (Lipinski definition) is 1. The van der Waals surface area contributed by atoms with Crippen LogP contribution in [0.1, 0.15) is 90.6 Å². The van der Waals surface area contributed by atoms with Gasteiger partial charge in [0, 0.05) is 25.4 Å². The third-order valence-corrected chi connectivity index (χ3v) is 5.67. The summed E-state index contributed by atoms with van der Waals surface area (Å²) in [6.07, 6.45) is 2.21. The molecule has 10 heteroatoms. The molecule has 0 spiro atoms. The van der Waals surface area contributed by atoms with Crippen LogP contribution in [0.5, 0.6) is 0 Å². The second-order valence-corrected chi connectivity index (χ2v) is 9.91. The van der Waals surface area contributed by atoms with E-state index in [-0.39, 0.29) is 29.7 Å². The summed E-state index contributed by atoms with van der Waals surface area (Å²) >= 11 is 0. The second-order valence-electron chi connectivity index (χ2n) is 9.91. The molecule has 2 atom stereocenters. The van der Waals surface area contributed by atoms with E-state index in [0.29, 0.717) is 50.6 Å². The predicted octanol–water partition coefficient (Wildman–Crippen LogP) is 3.26. The molecule has 1 saturated heterocycles. The number of nitrogens with zero attached hydrogens (tertiary/aromatic N) is 4. The van der Waals surface area contributed by atoms with Gasteiger partial charge in [0.2, 0.25) is 17.7 Å². The lowest BCUT2D eigenvalue weighted by molar-refractivity contribution is -0.127. The minimum Gasteiger partial charge on any atom is -0.444 e. The van der Waals surface area contributed by atoms with Crippen LogP contribution in [0.2, 0.25) is 0 Å². The first-order chi connectivity index (χ1) is 15.4. The molecule has 186 valence electrons. The number of carbonyl (C=O) groups is 3. The molecule has 0 saturated carbocycles. The molecule has 0 radical (unpaired) electrons. The van der Waals surface area contributed by atoms with Gasteiger partial charge in [-0.15, -0.1) is 10.2 Å². The summed E-state index contributed by atoms with van der Waals surface area (Å²) in [7, 11) is 3.88. The first-order valence-corrected chi connectivity index (χ1v) is 11.7. The van der Waals surface area contributed by atoms with Crippen molar-refractivity contribution in [1.82, 2.24) is 25.3 Å². The molecule has 2 amide bonds. The number of nitrogens with one attached hydrogen (secondary N) is 1. The van der Waals surface area contributed by atoms with Gasteiger partial charge in [0.15, 0.2) is 0 Å². The minimum absolute atomic E-state index is 0.0207. The van der Waals surface area contributed by atoms with E-state index in [0.717, 1.165) is 6.42 Å². The van der Waals surface area contributed by atoms with Crippen LogP contribution in [-0.4, -0.2) is 70.6 Å². The zero-order valence-electron chi connectivity index (χ0n) is 21.0. The van der Waals surface area contributed by atoms with E-state index < -0.39 is 11.6 Å². The van der Waals surface area contributed by atoms with E-state index in [4.69, 9.17) is 9.15 Å². The number of carbonyl (C=O) groups excluding carboxylic acids is 3. The van der Waals surface area contributed by atoms with Crippen LogP contribution in [0.25, 0.3) is 0 Å². The van der Waals surface area contributed by atoms with Gasteiger partial charge < -0.3 is 24.2 Å². The largest absolute Gasteiger partial charge is 0.444 e. The maximum atomic E-state index is 13.0. The quantitative estimate of drug-likeness (QED) is 0.590. The van der Waals surface area contributed by atoms with Crippen molar-refractivity contribution in [3.05, 3.63) is 11.8 Å². The maximum absolute atomic E-state index is 13.0. The van der Waals surface area contributed by atoms with Crippen molar-refractivity contribution >= 4 is 17.8 Å². The number of rotatable bonds is 9. The van der Waals surface area contributed by atoms with Crippen LogP contribution in [0.15, 0.2) is 4.42 Å². The van der Waals surface area contributed by atoms with Crippen LogP contribution in [0.3, 0.4) is 0 Å². The Balaban J connectivity index is 2.03. The van der Waals surface area contributed by atoms with Gasteiger partial charge in [-0.05, 0) is 67.5 Å². The Kier molecular flexibility index (Phi) is 9.39. The monoisotopic (exact) mass is 465 g/mol. The molecule has 1 fully saturated rings. The summed E-state index contributed by atoms with van der Waals surface area (Å²) in [6.45, 7) is 9.95. The highest BCUT2D eigenvalue weighted by Gasteiger charge is 2.32. The van der Waals surface area contributed by atoms with Gasteiger partial charge in [-0.25, -0.2) is 4.79 Å². The van der Waals surface area contributed by atoms with Gasteiger partial charge in [0.05, 0.1) is 6.04 Å². The molecule has 10 nitrogen and oxygen atoms in total. The first kappa shape index (κ1) is 26.8. The van der Waals surface area contributed by atoms with E-state index in [1.807, 2.05) is 46.7 Å². The summed E-state index contributed by atoms with van der Waals surface area (Å²) in [4.78, 5) is 40.5. The lowest BCUT2D eigenvalue weighted by atomic mass is 9.95. The van der Waals surface area contributed by atoms with E-state index in [1.54, 1.807) is 4.90 Å². The van der Waals surface area contributed by atoms with Crippen molar-refractivity contribution in [3.8, 4) is 0 Å². The average Bonchev–Trinajstić information content (AvgIpc) is 3.19.